The normalized spacial score (nSPS) is 15.4. The average molecular weight is 457 g/mol. The minimum Gasteiger partial charge on any atom is -0.481 e. The van der Waals surface area contributed by atoms with Gasteiger partial charge < -0.3 is 20.1 Å². The van der Waals surface area contributed by atoms with E-state index in [2.05, 4.69) is 10.2 Å². The number of anilines is 2. The Morgan fingerprint density at radius 1 is 1.13 bits per heavy atom. The van der Waals surface area contributed by atoms with Gasteiger partial charge in [0, 0.05) is 25.2 Å². The Bertz CT molecular complexity index is 945. The topological polar surface area (TPSA) is 78.9 Å². The van der Waals surface area contributed by atoms with Crippen molar-refractivity contribution >= 4 is 34.9 Å². The number of nitrogens with zero attached hydrogens (tertiary/aromatic N) is 1. The summed E-state index contributed by atoms with van der Waals surface area (Å²) in [6, 6.07) is 8.72. The van der Waals surface area contributed by atoms with Gasteiger partial charge >= 0.3 is 12.1 Å². The third-order valence-corrected chi connectivity index (χ3v) is 5.21. The second-order valence-corrected chi connectivity index (χ2v) is 7.44. The number of morpholine rings is 1. The molecule has 0 saturated carbocycles. The largest absolute Gasteiger partial charge is 0.481 e. The van der Waals surface area contributed by atoms with Crippen molar-refractivity contribution in [2.24, 2.45) is 0 Å². The summed E-state index contributed by atoms with van der Waals surface area (Å²) in [5, 5.41) is 12.5. The Hall–Kier alpha value is -2.78. The van der Waals surface area contributed by atoms with Crippen LogP contribution in [0, 0.1) is 0 Å². The van der Waals surface area contributed by atoms with Gasteiger partial charge in [0.15, 0.2) is 0 Å². The fourth-order valence-corrected chi connectivity index (χ4v) is 3.59. The van der Waals surface area contributed by atoms with Crippen molar-refractivity contribution in [1.29, 1.82) is 0 Å². The molecule has 2 N–H and O–H groups in total. The first-order valence-corrected chi connectivity index (χ1v) is 9.85. The molecule has 3 rings (SSSR count). The minimum absolute atomic E-state index is 0.108. The van der Waals surface area contributed by atoms with E-state index in [1.54, 1.807) is 18.2 Å². The van der Waals surface area contributed by atoms with Crippen LogP contribution < -0.4 is 10.2 Å². The number of alkyl halides is 3. The number of halogens is 4. The van der Waals surface area contributed by atoms with E-state index in [0.29, 0.717) is 37.0 Å². The molecular weight excluding hydrogens is 437 g/mol. The zero-order chi connectivity index (χ0) is 22.6. The summed E-state index contributed by atoms with van der Waals surface area (Å²) in [7, 11) is 0. The molecule has 0 radical (unpaired) electrons. The molecule has 1 heterocycles. The summed E-state index contributed by atoms with van der Waals surface area (Å²) in [6.07, 6.45) is -4.97. The van der Waals surface area contributed by atoms with E-state index < -0.39 is 36.0 Å². The highest BCUT2D eigenvalue weighted by molar-refractivity contribution is 6.33. The lowest BCUT2D eigenvalue weighted by atomic mass is 9.94. The highest BCUT2D eigenvalue weighted by Gasteiger charge is 2.31. The summed E-state index contributed by atoms with van der Waals surface area (Å²) >= 11 is 6.33. The van der Waals surface area contributed by atoms with Crippen LogP contribution in [0.15, 0.2) is 42.5 Å². The highest BCUT2D eigenvalue weighted by Crippen LogP contribution is 2.32. The maximum atomic E-state index is 12.7. The van der Waals surface area contributed by atoms with Crippen LogP contribution in [0.25, 0.3) is 0 Å². The second kappa shape index (κ2) is 9.57. The number of rotatable bonds is 6. The molecule has 10 heteroatoms. The van der Waals surface area contributed by atoms with Crippen LogP contribution in [0.4, 0.5) is 24.5 Å². The van der Waals surface area contributed by atoms with Crippen LogP contribution >= 0.6 is 11.6 Å². The summed E-state index contributed by atoms with van der Waals surface area (Å²) in [6.45, 7) is 2.57. The van der Waals surface area contributed by atoms with Gasteiger partial charge in [-0.1, -0.05) is 23.7 Å². The Labute approximate surface area is 181 Å². The molecule has 6 nitrogen and oxygen atoms in total. The lowest BCUT2D eigenvalue weighted by molar-refractivity contribution is -0.140. The monoisotopic (exact) mass is 456 g/mol. The number of benzene rings is 2. The van der Waals surface area contributed by atoms with E-state index in [1.807, 2.05) is 0 Å². The van der Waals surface area contributed by atoms with Crippen LogP contribution in [-0.4, -0.2) is 43.3 Å². The first kappa shape index (κ1) is 22.9. The predicted molar refractivity (Wildman–Crippen MR) is 110 cm³/mol. The SMILES string of the molecule is O=C(CC(C(=O)O)c1ccc(C(F)(F)F)cc1)Nc1ccc(N2CCOCC2)c(Cl)c1. The van der Waals surface area contributed by atoms with Crippen molar-refractivity contribution in [3.8, 4) is 0 Å². The van der Waals surface area contributed by atoms with E-state index in [0.717, 1.165) is 30.0 Å². The molecule has 0 aromatic heterocycles. The smallest absolute Gasteiger partial charge is 0.416 e. The molecule has 0 bridgehead atoms. The predicted octanol–water partition coefficient (Wildman–Crippen LogP) is 4.39. The zero-order valence-electron chi connectivity index (χ0n) is 16.3. The Morgan fingerprint density at radius 3 is 2.32 bits per heavy atom. The Kier molecular flexibility index (Phi) is 7.07. The standard InChI is InChI=1S/C21H20ClF3N2O4/c22-17-11-15(5-6-18(17)27-7-9-31-10-8-27)26-19(28)12-16(20(29)30)13-1-3-14(4-2-13)21(23,24)25/h1-6,11,16H,7-10,12H2,(H,26,28)(H,29,30). The maximum Gasteiger partial charge on any atom is 0.416 e. The third-order valence-electron chi connectivity index (χ3n) is 4.91. The van der Waals surface area contributed by atoms with Crippen molar-refractivity contribution in [3.05, 3.63) is 58.6 Å². The van der Waals surface area contributed by atoms with Gasteiger partial charge in [0.1, 0.15) is 0 Å². The molecule has 1 saturated heterocycles. The van der Waals surface area contributed by atoms with E-state index in [4.69, 9.17) is 16.3 Å². The van der Waals surface area contributed by atoms with Crippen LogP contribution in [0.1, 0.15) is 23.5 Å². The van der Waals surface area contributed by atoms with Gasteiger partial charge in [0.25, 0.3) is 0 Å². The van der Waals surface area contributed by atoms with E-state index in [-0.39, 0.29) is 5.56 Å². The van der Waals surface area contributed by atoms with Crippen LogP contribution in [0.2, 0.25) is 5.02 Å². The quantitative estimate of drug-likeness (QED) is 0.674. The summed E-state index contributed by atoms with van der Waals surface area (Å²) < 4.78 is 43.4. The second-order valence-electron chi connectivity index (χ2n) is 7.03. The minimum atomic E-state index is -4.53. The number of amides is 1. The number of hydrogen-bond acceptors (Lipinski definition) is 4. The van der Waals surface area contributed by atoms with Crippen LogP contribution in [-0.2, 0) is 20.5 Å². The van der Waals surface area contributed by atoms with Gasteiger partial charge in [-0.15, -0.1) is 0 Å². The number of carboxylic acid groups (broad SMARTS) is 1. The molecule has 1 aliphatic rings. The van der Waals surface area contributed by atoms with E-state index in [9.17, 15) is 27.9 Å². The van der Waals surface area contributed by atoms with Gasteiger partial charge in [-0.2, -0.15) is 13.2 Å². The Morgan fingerprint density at radius 2 is 1.77 bits per heavy atom. The molecule has 1 aliphatic heterocycles. The molecule has 166 valence electrons. The fraction of sp³-hybridized carbons (Fsp3) is 0.333. The molecule has 1 atom stereocenters. The van der Waals surface area contributed by atoms with Gasteiger partial charge in [-0.25, -0.2) is 0 Å². The summed E-state index contributed by atoms with van der Waals surface area (Å²) in [5.74, 6) is -3.19. The van der Waals surface area contributed by atoms with Gasteiger partial charge in [0.2, 0.25) is 5.91 Å². The van der Waals surface area contributed by atoms with Gasteiger partial charge in [-0.3, -0.25) is 9.59 Å². The molecule has 1 unspecified atom stereocenters. The molecule has 2 aromatic rings. The molecule has 2 aromatic carbocycles. The first-order chi connectivity index (χ1) is 14.6. The van der Waals surface area contributed by atoms with Crippen molar-refractivity contribution in [2.75, 3.05) is 36.5 Å². The summed E-state index contributed by atoms with van der Waals surface area (Å²) in [5.41, 5.74) is 0.413. The molecular formula is C21H20ClF3N2O4. The number of hydrogen-bond donors (Lipinski definition) is 2. The number of aliphatic carboxylic acids is 1. The Balaban J connectivity index is 1.67. The number of carbonyl (C=O) groups is 2. The fourth-order valence-electron chi connectivity index (χ4n) is 3.29. The average Bonchev–Trinajstić information content (AvgIpc) is 2.72. The lowest BCUT2D eigenvalue weighted by Gasteiger charge is -2.29. The van der Waals surface area contributed by atoms with Crippen molar-refractivity contribution in [3.63, 3.8) is 0 Å². The lowest BCUT2D eigenvalue weighted by Crippen LogP contribution is -2.36. The van der Waals surface area contributed by atoms with E-state index >= 15 is 0 Å². The number of carbonyl (C=O) groups excluding carboxylic acids is 1. The van der Waals surface area contributed by atoms with Crippen molar-refractivity contribution in [2.45, 2.75) is 18.5 Å². The van der Waals surface area contributed by atoms with E-state index in [1.165, 1.54) is 0 Å². The highest BCUT2D eigenvalue weighted by atomic mass is 35.5. The maximum absolute atomic E-state index is 12.7. The van der Waals surface area contributed by atoms with Crippen molar-refractivity contribution in [1.82, 2.24) is 0 Å². The summed E-state index contributed by atoms with van der Waals surface area (Å²) in [4.78, 5) is 26.1. The van der Waals surface area contributed by atoms with Crippen LogP contribution in [0.5, 0.6) is 0 Å². The molecule has 0 spiro atoms. The van der Waals surface area contributed by atoms with Gasteiger partial charge in [0.05, 0.1) is 35.4 Å². The molecule has 1 fully saturated rings. The molecule has 0 aliphatic carbocycles. The number of carboxylic acids is 1. The first-order valence-electron chi connectivity index (χ1n) is 9.47. The third kappa shape index (κ3) is 5.89. The molecule has 1 amide bonds. The molecule has 31 heavy (non-hydrogen) atoms. The van der Waals surface area contributed by atoms with Crippen molar-refractivity contribution < 1.29 is 32.6 Å². The van der Waals surface area contributed by atoms with Crippen LogP contribution in [0.3, 0.4) is 0 Å². The number of ether oxygens (including phenoxy) is 1. The zero-order valence-corrected chi connectivity index (χ0v) is 17.0. The van der Waals surface area contributed by atoms with Gasteiger partial charge in [-0.05, 0) is 35.9 Å². The number of nitrogens with one attached hydrogen (secondary N) is 1.